The molecular formula is C29H49N3O10. The lowest BCUT2D eigenvalue weighted by atomic mass is 9.94. The zero-order chi connectivity index (χ0) is 31.9. The smallest absolute Gasteiger partial charge is 0.326 e. The van der Waals surface area contributed by atoms with Crippen LogP contribution in [0.3, 0.4) is 0 Å². The Morgan fingerprint density at radius 3 is 1.74 bits per heavy atom. The summed E-state index contributed by atoms with van der Waals surface area (Å²) in [6.07, 6.45) is 7.68. The Bertz CT molecular complexity index is 893. The second-order valence-electron chi connectivity index (χ2n) is 10.7. The van der Waals surface area contributed by atoms with Crippen molar-refractivity contribution in [1.29, 1.82) is 0 Å². The molecule has 0 saturated carbocycles. The van der Waals surface area contributed by atoms with E-state index in [-0.39, 0.29) is 43.2 Å². The number of ketones is 2. The Kier molecular flexibility index (Phi) is 21.2. The predicted octanol–water partition coefficient (Wildman–Crippen LogP) is 3.43. The number of rotatable bonds is 26. The normalized spacial score (nSPS) is 12.9. The number of nitrogens with one attached hydrogen (secondary N) is 3. The van der Waals surface area contributed by atoms with Gasteiger partial charge in [-0.05, 0) is 51.9 Å². The molecule has 0 bridgehead atoms. The van der Waals surface area contributed by atoms with E-state index in [1.54, 1.807) is 0 Å². The highest BCUT2D eigenvalue weighted by Gasteiger charge is 2.24. The van der Waals surface area contributed by atoms with E-state index in [9.17, 15) is 48.9 Å². The van der Waals surface area contributed by atoms with Crippen LogP contribution in [0.4, 0.5) is 4.79 Å². The number of carbonyl (C=O) groups is 7. The van der Waals surface area contributed by atoms with Gasteiger partial charge in [-0.15, -0.1) is 0 Å². The highest BCUT2D eigenvalue weighted by Crippen LogP contribution is 2.17. The number of amides is 3. The minimum absolute atomic E-state index is 0.0354. The highest BCUT2D eigenvalue weighted by atomic mass is 16.4. The molecule has 3 unspecified atom stereocenters. The average Bonchev–Trinajstić information content (AvgIpc) is 2.91. The lowest BCUT2D eigenvalue weighted by Gasteiger charge is -2.18. The van der Waals surface area contributed by atoms with Gasteiger partial charge in [0.15, 0.2) is 0 Å². The maximum atomic E-state index is 12.1. The monoisotopic (exact) mass is 599 g/mol. The van der Waals surface area contributed by atoms with Crippen molar-refractivity contribution in [2.75, 3.05) is 6.54 Å². The van der Waals surface area contributed by atoms with E-state index in [2.05, 4.69) is 16.0 Å². The molecule has 0 aliphatic carbocycles. The maximum Gasteiger partial charge on any atom is 0.326 e. The average molecular weight is 600 g/mol. The van der Waals surface area contributed by atoms with Crippen LogP contribution in [0, 0.1) is 5.92 Å². The summed E-state index contributed by atoms with van der Waals surface area (Å²) in [4.78, 5) is 81.4. The van der Waals surface area contributed by atoms with Crippen LogP contribution < -0.4 is 16.0 Å². The number of hydrogen-bond donors (Lipinski definition) is 6. The van der Waals surface area contributed by atoms with Gasteiger partial charge in [-0.25, -0.2) is 14.4 Å². The summed E-state index contributed by atoms with van der Waals surface area (Å²) in [6.45, 7) is 3.67. The van der Waals surface area contributed by atoms with Crippen molar-refractivity contribution in [2.24, 2.45) is 5.92 Å². The van der Waals surface area contributed by atoms with Crippen LogP contribution in [0.5, 0.6) is 0 Å². The SMILES string of the molecule is CCCCCC(CC(=O)CCCCCCC(=O)NCCCCC(NC(=O)NC(CCC(C)=O)C(=O)O)C(=O)O)C(=O)O. The second kappa shape index (κ2) is 23.1. The standard InChI is InChI=1S/C29H49N3O10/c1-3-4-7-12-21(26(36)37)19-22(34)13-8-5-6-9-15-25(35)30-18-11-10-14-23(27(38)39)31-29(42)32-24(28(40)41)17-16-20(2)33/h21,23-24H,3-19H2,1-2H3,(H,30,35)(H,36,37)(H,38,39)(H,40,41)(H2,31,32,42). The van der Waals surface area contributed by atoms with Crippen LogP contribution in [0.2, 0.25) is 0 Å². The number of aliphatic carboxylic acids is 3. The molecule has 0 fully saturated rings. The summed E-state index contributed by atoms with van der Waals surface area (Å²) in [5.74, 6) is -4.54. The first-order valence-corrected chi connectivity index (χ1v) is 14.9. The molecule has 42 heavy (non-hydrogen) atoms. The van der Waals surface area contributed by atoms with Crippen molar-refractivity contribution in [2.45, 2.75) is 129 Å². The topological polar surface area (TPSA) is 216 Å². The number of unbranched alkanes of at least 4 members (excludes halogenated alkanes) is 6. The number of Topliss-reactive ketones (excluding diaryl/α,β-unsaturated/α-hetero) is 2. The first kappa shape index (κ1) is 38.5. The molecule has 13 nitrogen and oxygen atoms in total. The van der Waals surface area contributed by atoms with Gasteiger partial charge in [0.05, 0.1) is 5.92 Å². The van der Waals surface area contributed by atoms with Gasteiger partial charge in [0, 0.05) is 32.2 Å². The molecule has 3 amide bonds. The summed E-state index contributed by atoms with van der Waals surface area (Å²) >= 11 is 0. The predicted molar refractivity (Wildman–Crippen MR) is 154 cm³/mol. The third-order valence-corrected chi connectivity index (χ3v) is 6.82. The van der Waals surface area contributed by atoms with E-state index >= 15 is 0 Å². The molecule has 0 saturated heterocycles. The zero-order valence-corrected chi connectivity index (χ0v) is 25.0. The molecule has 13 heteroatoms. The molecule has 240 valence electrons. The summed E-state index contributed by atoms with van der Waals surface area (Å²) in [6, 6.07) is -3.52. The summed E-state index contributed by atoms with van der Waals surface area (Å²) in [5.41, 5.74) is 0. The third kappa shape index (κ3) is 20.4. The van der Waals surface area contributed by atoms with Crippen molar-refractivity contribution in [3.05, 3.63) is 0 Å². The lowest BCUT2D eigenvalue weighted by molar-refractivity contribution is -0.144. The van der Waals surface area contributed by atoms with E-state index in [1.807, 2.05) is 6.92 Å². The second-order valence-corrected chi connectivity index (χ2v) is 10.7. The summed E-state index contributed by atoms with van der Waals surface area (Å²) in [5, 5.41) is 35.0. The minimum atomic E-state index is -1.33. The molecule has 0 aromatic heterocycles. The number of urea groups is 1. The molecule has 3 atom stereocenters. The number of carbonyl (C=O) groups excluding carboxylic acids is 4. The lowest BCUT2D eigenvalue weighted by Crippen LogP contribution is -2.51. The van der Waals surface area contributed by atoms with Gasteiger partial charge in [0.2, 0.25) is 5.91 Å². The van der Waals surface area contributed by atoms with Gasteiger partial charge in [0.1, 0.15) is 23.7 Å². The number of hydrogen-bond acceptors (Lipinski definition) is 7. The summed E-state index contributed by atoms with van der Waals surface area (Å²) in [7, 11) is 0. The molecule has 0 aromatic rings. The molecule has 0 aromatic carbocycles. The van der Waals surface area contributed by atoms with Crippen molar-refractivity contribution in [3.63, 3.8) is 0 Å². The van der Waals surface area contributed by atoms with Crippen LogP contribution in [0.25, 0.3) is 0 Å². The Morgan fingerprint density at radius 1 is 0.619 bits per heavy atom. The first-order valence-electron chi connectivity index (χ1n) is 14.9. The highest BCUT2D eigenvalue weighted by molar-refractivity contribution is 5.86. The fourth-order valence-corrected chi connectivity index (χ4v) is 4.30. The molecule has 0 aliphatic heterocycles. The molecule has 0 spiro atoms. The fourth-order valence-electron chi connectivity index (χ4n) is 4.30. The van der Waals surface area contributed by atoms with E-state index in [4.69, 9.17) is 0 Å². The molecule has 0 rings (SSSR count). The third-order valence-electron chi connectivity index (χ3n) is 6.82. The fraction of sp³-hybridized carbons (Fsp3) is 0.759. The van der Waals surface area contributed by atoms with Crippen LogP contribution in [0.1, 0.15) is 117 Å². The Labute approximate surface area is 247 Å². The maximum absolute atomic E-state index is 12.1. The van der Waals surface area contributed by atoms with Gasteiger partial charge in [0.25, 0.3) is 0 Å². The van der Waals surface area contributed by atoms with Crippen molar-refractivity contribution < 1.29 is 48.9 Å². The number of carboxylic acids is 3. The van der Waals surface area contributed by atoms with E-state index < -0.39 is 41.9 Å². The van der Waals surface area contributed by atoms with Crippen molar-refractivity contribution in [1.82, 2.24) is 16.0 Å². The van der Waals surface area contributed by atoms with Crippen LogP contribution >= 0.6 is 0 Å². The van der Waals surface area contributed by atoms with Crippen LogP contribution in [-0.4, -0.2) is 75.4 Å². The van der Waals surface area contributed by atoms with Crippen molar-refractivity contribution in [3.8, 4) is 0 Å². The molecule has 0 heterocycles. The van der Waals surface area contributed by atoms with E-state index in [0.717, 1.165) is 32.1 Å². The van der Waals surface area contributed by atoms with Gasteiger partial charge in [-0.2, -0.15) is 0 Å². The largest absolute Gasteiger partial charge is 0.481 e. The van der Waals surface area contributed by atoms with Crippen LogP contribution in [0.15, 0.2) is 0 Å². The zero-order valence-electron chi connectivity index (χ0n) is 25.0. The first-order chi connectivity index (χ1) is 19.9. The van der Waals surface area contributed by atoms with E-state index in [0.29, 0.717) is 51.5 Å². The number of carboxylic acid groups (broad SMARTS) is 3. The van der Waals surface area contributed by atoms with Gasteiger partial charge < -0.3 is 36.1 Å². The molecule has 0 radical (unpaired) electrons. The van der Waals surface area contributed by atoms with Gasteiger partial charge in [-0.1, -0.05) is 39.0 Å². The molecule has 6 N–H and O–H groups in total. The van der Waals surface area contributed by atoms with Crippen molar-refractivity contribution >= 4 is 41.4 Å². The Morgan fingerprint density at radius 2 is 1.19 bits per heavy atom. The molecular weight excluding hydrogens is 550 g/mol. The van der Waals surface area contributed by atoms with Gasteiger partial charge >= 0.3 is 23.9 Å². The Balaban J connectivity index is 4.10. The summed E-state index contributed by atoms with van der Waals surface area (Å²) < 4.78 is 0. The molecule has 0 aliphatic rings. The van der Waals surface area contributed by atoms with Gasteiger partial charge in [-0.3, -0.25) is 14.4 Å². The minimum Gasteiger partial charge on any atom is -0.481 e. The Hall–Kier alpha value is -3.51. The quantitative estimate of drug-likeness (QED) is 0.0796. The van der Waals surface area contributed by atoms with E-state index in [1.165, 1.54) is 6.92 Å². The van der Waals surface area contributed by atoms with Crippen LogP contribution in [-0.2, 0) is 28.8 Å².